The van der Waals surface area contributed by atoms with E-state index in [-0.39, 0.29) is 29.8 Å². The van der Waals surface area contributed by atoms with Gasteiger partial charge in [-0.1, -0.05) is 0 Å². The lowest BCUT2D eigenvalue weighted by molar-refractivity contribution is -0.142. The SMILES string of the molecule is COc1ccc(S(=O)(=O)N2CCC(C(=O)NC(C)C(=O)O)CC2)cc1. The summed E-state index contributed by atoms with van der Waals surface area (Å²) in [6.07, 6.45) is 0.709. The van der Waals surface area contributed by atoms with Gasteiger partial charge >= 0.3 is 5.97 Å². The highest BCUT2D eigenvalue weighted by Gasteiger charge is 2.32. The third kappa shape index (κ3) is 4.49. The Kier molecular flexibility index (Phi) is 6.02. The van der Waals surface area contributed by atoms with Crippen LogP contribution in [0.4, 0.5) is 0 Å². The predicted molar refractivity (Wildman–Crippen MR) is 89.7 cm³/mol. The predicted octanol–water partition coefficient (Wildman–Crippen LogP) is 0.685. The molecule has 0 radical (unpaired) electrons. The van der Waals surface area contributed by atoms with Crippen LogP contribution in [0.3, 0.4) is 0 Å². The Balaban J connectivity index is 1.98. The van der Waals surface area contributed by atoms with Crippen molar-refractivity contribution in [2.24, 2.45) is 5.92 Å². The molecule has 0 saturated carbocycles. The molecule has 1 fully saturated rings. The first-order valence-electron chi connectivity index (χ1n) is 7.93. The molecular formula is C16H22N2O6S. The zero-order valence-electron chi connectivity index (χ0n) is 14.1. The molecule has 1 atom stereocenters. The van der Waals surface area contributed by atoms with Crippen LogP contribution in [0.25, 0.3) is 0 Å². The molecule has 1 aliphatic heterocycles. The molecule has 8 nitrogen and oxygen atoms in total. The summed E-state index contributed by atoms with van der Waals surface area (Å²) in [7, 11) is -2.12. The normalized spacial score (nSPS) is 17.7. The first-order valence-corrected chi connectivity index (χ1v) is 9.37. The Morgan fingerprint density at radius 2 is 1.80 bits per heavy atom. The number of piperidine rings is 1. The molecular weight excluding hydrogens is 348 g/mol. The number of amides is 1. The second kappa shape index (κ2) is 7.83. The number of hydrogen-bond donors (Lipinski definition) is 2. The average molecular weight is 370 g/mol. The minimum atomic E-state index is -3.62. The fourth-order valence-corrected chi connectivity index (χ4v) is 4.12. The number of carboxylic acid groups (broad SMARTS) is 1. The van der Waals surface area contributed by atoms with E-state index >= 15 is 0 Å². The lowest BCUT2D eigenvalue weighted by Crippen LogP contribution is -2.46. The van der Waals surface area contributed by atoms with Crippen LogP contribution < -0.4 is 10.1 Å². The van der Waals surface area contributed by atoms with Gasteiger partial charge in [0.05, 0.1) is 12.0 Å². The van der Waals surface area contributed by atoms with Crippen molar-refractivity contribution in [3.8, 4) is 5.75 Å². The topological polar surface area (TPSA) is 113 Å². The Morgan fingerprint density at radius 1 is 1.24 bits per heavy atom. The summed E-state index contributed by atoms with van der Waals surface area (Å²) in [6, 6.07) is 5.18. The molecule has 1 aliphatic rings. The Hall–Kier alpha value is -2.13. The maximum absolute atomic E-state index is 12.6. The molecule has 25 heavy (non-hydrogen) atoms. The minimum Gasteiger partial charge on any atom is -0.497 e. The Bertz CT molecular complexity index is 723. The van der Waals surface area contributed by atoms with Crippen LogP contribution in [-0.2, 0) is 19.6 Å². The Morgan fingerprint density at radius 3 is 2.28 bits per heavy atom. The average Bonchev–Trinajstić information content (AvgIpc) is 2.61. The highest BCUT2D eigenvalue weighted by molar-refractivity contribution is 7.89. The van der Waals surface area contributed by atoms with E-state index in [1.54, 1.807) is 12.1 Å². The van der Waals surface area contributed by atoms with Crippen molar-refractivity contribution in [1.29, 1.82) is 0 Å². The number of rotatable bonds is 6. The molecule has 0 spiro atoms. The molecule has 138 valence electrons. The number of carbonyl (C=O) groups excluding carboxylic acids is 1. The number of carboxylic acids is 1. The number of ether oxygens (including phenoxy) is 1. The summed E-state index contributed by atoms with van der Waals surface area (Å²) in [5.41, 5.74) is 0. The summed E-state index contributed by atoms with van der Waals surface area (Å²) in [4.78, 5) is 23.0. The maximum Gasteiger partial charge on any atom is 0.325 e. The number of carbonyl (C=O) groups is 2. The van der Waals surface area contributed by atoms with Gasteiger partial charge in [-0.15, -0.1) is 0 Å². The molecule has 9 heteroatoms. The summed E-state index contributed by atoms with van der Waals surface area (Å²) in [6.45, 7) is 1.82. The molecule has 1 aromatic rings. The zero-order valence-corrected chi connectivity index (χ0v) is 15.0. The van der Waals surface area contributed by atoms with Gasteiger partial charge in [0.15, 0.2) is 0 Å². The van der Waals surface area contributed by atoms with Gasteiger partial charge in [-0.2, -0.15) is 4.31 Å². The van der Waals surface area contributed by atoms with Gasteiger partial charge in [0.25, 0.3) is 0 Å². The van der Waals surface area contributed by atoms with Crippen LogP contribution in [0.2, 0.25) is 0 Å². The number of nitrogens with zero attached hydrogens (tertiary/aromatic N) is 1. The highest BCUT2D eigenvalue weighted by Crippen LogP contribution is 2.25. The van der Waals surface area contributed by atoms with Crippen molar-refractivity contribution in [1.82, 2.24) is 9.62 Å². The van der Waals surface area contributed by atoms with E-state index < -0.39 is 22.0 Å². The second-order valence-corrected chi connectivity index (χ2v) is 7.86. The number of benzene rings is 1. The second-order valence-electron chi connectivity index (χ2n) is 5.92. The monoisotopic (exact) mass is 370 g/mol. The number of sulfonamides is 1. The third-order valence-electron chi connectivity index (χ3n) is 4.25. The number of methoxy groups -OCH3 is 1. The van der Waals surface area contributed by atoms with E-state index in [0.29, 0.717) is 18.6 Å². The van der Waals surface area contributed by atoms with Gasteiger partial charge in [-0.05, 0) is 44.0 Å². The lowest BCUT2D eigenvalue weighted by atomic mass is 9.97. The van der Waals surface area contributed by atoms with Crippen molar-refractivity contribution < 1.29 is 27.9 Å². The van der Waals surface area contributed by atoms with Crippen LogP contribution in [0, 0.1) is 5.92 Å². The lowest BCUT2D eigenvalue weighted by Gasteiger charge is -2.30. The molecule has 0 aliphatic carbocycles. The van der Waals surface area contributed by atoms with Crippen molar-refractivity contribution in [3.05, 3.63) is 24.3 Å². The molecule has 2 rings (SSSR count). The summed E-state index contributed by atoms with van der Waals surface area (Å²) >= 11 is 0. The molecule has 1 saturated heterocycles. The van der Waals surface area contributed by atoms with Crippen LogP contribution >= 0.6 is 0 Å². The number of nitrogens with one attached hydrogen (secondary N) is 1. The van der Waals surface area contributed by atoms with Crippen LogP contribution in [0.5, 0.6) is 5.75 Å². The molecule has 2 N–H and O–H groups in total. The number of aliphatic carboxylic acids is 1. The molecule has 1 heterocycles. The summed E-state index contributed by atoms with van der Waals surface area (Å²) in [5.74, 6) is -1.27. The van der Waals surface area contributed by atoms with Crippen molar-refractivity contribution in [2.45, 2.75) is 30.7 Å². The van der Waals surface area contributed by atoms with Crippen molar-refractivity contribution >= 4 is 21.9 Å². The van der Waals surface area contributed by atoms with E-state index in [9.17, 15) is 18.0 Å². The van der Waals surface area contributed by atoms with Gasteiger partial charge in [0.1, 0.15) is 11.8 Å². The van der Waals surface area contributed by atoms with E-state index in [1.165, 1.54) is 30.5 Å². The van der Waals surface area contributed by atoms with Gasteiger partial charge in [0.2, 0.25) is 15.9 Å². The van der Waals surface area contributed by atoms with Crippen molar-refractivity contribution in [2.75, 3.05) is 20.2 Å². The quantitative estimate of drug-likeness (QED) is 0.762. The van der Waals surface area contributed by atoms with E-state index in [2.05, 4.69) is 5.32 Å². The smallest absolute Gasteiger partial charge is 0.325 e. The van der Waals surface area contributed by atoms with Crippen molar-refractivity contribution in [3.63, 3.8) is 0 Å². The van der Waals surface area contributed by atoms with Gasteiger partial charge in [-0.3, -0.25) is 9.59 Å². The highest BCUT2D eigenvalue weighted by atomic mass is 32.2. The largest absolute Gasteiger partial charge is 0.497 e. The van der Waals surface area contributed by atoms with Crippen LogP contribution in [0.15, 0.2) is 29.2 Å². The maximum atomic E-state index is 12.6. The summed E-state index contributed by atoms with van der Waals surface area (Å²) < 4.78 is 31.6. The third-order valence-corrected chi connectivity index (χ3v) is 6.16. The van der Waals surface area contributed by atoms with Gasteiger partial charge in [-0.25, -0.2) is 8.42 Å². The van der Waals surface area contributed by atoms with Gasteiger partial charge in [0, 0.05) is 19.0 Å². The van der Waals surface area contributed by atoms with E-state index in [0.717, 1.165) is 0 Å². The minimum absolute atomic E-state index is 0.177. The van der Waals surface area contributed by atoms with Gasteiger partial charge < -0.3 is 15.2 Å². The van der Waals surface area contributed by atoms with E-state index in [4.69, 9.17) is 9.84 Å². The standard InChI is InChI=1S/C16H22N2O6S/c1-11(16(20)21)17-15(19)12-7-9-18(10-8-12)25(22,23)14-5-3-13(24-2)4-6-14/h3-6,11-12H,7-10H2,1-2H3,(H,17,19)(H,20,21). The molecule has 1 unspecified atom stereocenters. The Labute approximate surface area is 146 Å². The fourth-order valence-electron chi connectivity index (χ4n) is 2.65. The molecule has 0 bridgehead atoms. The number of hydrogen-bond acceptors (Lipinski definition) is 5. The molecule has 0 aromatic heterocycles. The van der Waals surface area contributed by atoms with Crippen LogP contribution in [-0.4, -0.2) is 55.9 Å². The van der Waals surface area contributed by atoms with Crippen LogP contribution in [0.1, 0.15) is 19.8 Å². The van der Waals surface area contributed by atoms with E-state index in [1.807, 2.05) is 0 Å². The first kappa shape index (κ1) is 19.2. The fraction of sp³-hybridized carbons (Fsp3) is 0.500. The molecule has 1 aromatic carbocycles. The molecule has 1 amide bonds. The first-order chi connectivity index (χ1) is 11.8. The zero-order chi connectivity index (χ0) is 18.6. The summed E-state index contributed by atoms with van der Waals surface area (Å²) in [5, 5.41) is 11.3.